The van der Waals surface area contributed by atoms with E-state index in [2.05, 4.69) is 28.5 Å². The van der Waals surface area contributed by atoms with Gasteiger partial charge in [-0.3, -0.25) is 4.79 Å². The van der Waals surface area contributed by atoms with Crippen molar-refractivity contribution in [3.63, 3.8) is 0 Å². The molecule has 0 aliphatic rings. The van der Waals surface area contributed by atoms with Gasteiger partial charge in [0.15, 0.2) is 0 Å². The molecule has 1 aromatic heterocycles. The van der Waals surface area contributed by atoms with E-state index in [1.807, 2.05) is 31.2 Å². The predicted octanol–water partition coefficient (Wildman–Crippen LogP) is 5.03. The summed E-state index contributed by atoms with van der Waals surface area (Å²) in [6.45, 7) is 1.94. The SMILES string of the molecule is C[C@@H](NC(=O)c1cnc(Cl)c(Cl)c1)c1ccc2ccccc2c1. The lowest BCUT2D eigenvalue weighted by atomic mass is 10.0. The Morgan fingerprint density at radius 2 is 1.83 bits per heavy atom. The Hall–Kier alpha value is -2.10. The van der Waals surface area contributed by atoms with E-state index in [4.69, 9.17) is 23.2 Å². The topological polar surface area (TPSA) is 42.0 Å². The molecule has 0 aliphatic heterocycles. The average Bonchev–Trinajstić information content (AvgIpc) is 2.56. The maximum absolute atomic E-state index is 12.3. The zero-order valence-electron chi connectivity index (χ0n) is 12.4. The average molecular weight is 345 g/mol. The summed E-state index contributed by atoms with van der Waals surface area (Å²) in [6, 6.07) is 15.6. The van der Waals surface area contributed by atoms with Gasteiger partial charge in [0.1, 0.15) is 5.15 Å². The summed E-state index contributed by atoms with van der Waals surface area (Å²) in [4.78, 5) is 16.2. The van der Waals surface area contributed by atoms with Crippen LogP contribution < -0.4 is 5.32 Å². The standard InChI is InChI=1S/C18H14Cl2N2O/c1-11(13-7-6-12-4-2-3-5-14(12)8-13)22-18(23)15-9-16(19)17(20)21-10-15/h2-11H,1H3,(H,22,23)/t11-/m1/s1. The Morgan fingerprint density at radius 1 is 1.09 bits per heavy atom. The van der Waals surface area contributed by atoms with Crippen LogP contribution in [0.3, 0.4) is 0 Å². The van der Waals surface area contributed by atoms with E-state index in [1.54, 1.807) is 0 Å². The molecular formula is C18H14Cl2N2O. The zero-order chi connectivity index (χ0) is 16.4. The van der Waals surface area contributed by atoms with E-state index >= 15 is 0 Å². The summed E-state index contributed by atoms with van der Waals surface area (Å²) in [5.41, 5.74) is 1.41. The fourth-order valence-corrected chi connectivity index (χ4v) is 2.66. The van der Waals surface area contributed by atoms with Gasteiger partial charge in [0.2, 0.25) is 0 Å². The highest BCUT2D eigenvalue weighted by atomic mass is 35.5. The first-order valence-corrected chi connectivity index (χ1v) is 7.91. The lowest BCUT2D eigenvalue weighted by molar-refractivity contribution is 0.0939. The Balaban J connectivity index is 1.80. The molecule has 116 valence electrons. The number of nitrogens with one attached hydrogen (secondary N) is 1. The number of rotatable bonds is 3. The van der Waals surface area contributed by atoms with Crippen molar-refractivity contribution in [2.24, 2.45) is 0 Å². The Labute approximate surface area is 144 Å². The third kappa shape index (κ3) is 3.46. The molecule has 3 rings (SSSR count). The highest BCUT2D eigenvalue weighted by molar-refractivity contribution is 6.41. The van der Waals surface area contributed by atoms with Gasteiger partial charge in [-0.1, -0.05) is 59.6 Å². The molecule has 1 heterocycles. The van der Waals surface area contributed by atoms with Crippen LogP contribution in [-0.2, 0) is 0 Å². The highest BCUT2D eigenvalue weighted by Crippen LogP contribution is 2.22. The molecule has 5 heteroatoms. The molecule has 1 amide bonds. The van der Waals surface area contributed by atoms with Gasteiger partial charge in [-0.15, -0.1) is 0 Å². The van der Waals surface area contributed by atoms with E-state index in [1.165, 1.54) is 17.6 Å². The van der Waals surface area contributed by atoms with Gasteiger partial charge in [0.25, 0.3) is 5.91 Å². The minimum atomic E-state index is -0.239. The van der Waals surface area contributed by atoms with Crippen LogP contribution in [0.15, 0.2) is 54.7 Å². The van der Waals surface area contributed by atoms with E-state index in [-0.39, 0.29) is 22.1 Å². The Kier molecular flexibility index (Phi) is 4.51. The number of fused-ring (bicyclic) bond motifs is 1. The van der Waals surface area contributed by atoms with Gasteiger partial charge >= 0.3 is 0 Å². The monoisotopic (exact) mass is 344 g/mol. The number of pyridine rings is 1. The molecule has 2 aromatic carbocycles. The number of benzene rings is 2. The summed E-state index contributed by atoms with van der Waals surface area (Å²) < 4.78 is 0. The number of aromatic nitrogens is 1. The first-order valence-electron chi connectivity index (χ1n) is 7.15. The van der Waals surface area contributed by atoms with Crippen LogP contribution in [0.2, 0.25) is 10.2 Å². The lowest BCUT2D eigenvalue weighted by Crippen LogP contribution is -2.26. The van der Waals surface area contributed by atoms with Crippen LogP contribution in [0.1, 0.15) is 28.9 Å². The maximum Gasteiger partial charge on any atom is 0.253 e. The molecule has 0 aliphatic carbocycles. The predicted molar refractivity (Wildman–Crippen MR) is 94.1 cm³/mol. The highest BCUT2D eigenvalue weighted by Gasteiger charge is 2.13. The van der Waals surface area contributed by atoms with E-state index in [0.29, 0.717) is 5.56 Å². The van der Waals surface area contributed by atoms with Crippen molar-refractivity contribution in [3.05, 3.63) is 76.0 Å². The Bertz CT molecular complexity index is 880. The molecule has 1 atom stereocenters. The van der Waals surface area contributed by atoms with Gasteiger partial charge in [-0.25, -0.2) is 4.98 Å². The first kappa shape index (κ1) is 15.8. The Morgan fingerprint density at radius 3 is 2.57 bits per heavy atom. The van der Waals surface area contributed by atoms with E-state index in [0.717, 1.165) is 10.9 Å². The largest absolute Gasteiger partial charge is 0.345 e. The maximum atomic E-state index is 12.3. The molecule has 0 bridgehead atoms. The second kappa shape index (κ2) is 6.57. The number of hydrogen-bond donors (Lipinski definition) is 1. The number of amides is 1. The number of carbonyl (C=O) groups is 1. The van der Waals surface area contributed by atoms with Crippen LogP contribution in [-0.4, -0.2) is 10.9 Å². The van der Waals surface area contributed by atoms with Gasteiger partial charge in [-0.05, 0) is 35.4 Å². The molecule has 0 saturated carbocycles. The molecule has 0 spiro atoms. The van der Waals surface area contributed by atoms with Crippen molar-refractivity contribution in [2.45, 2.75) is 13.0 Å². The van der Waals surface area contributed by atoms with E-state index in [9.17, 15) is 4.79 Å². The van der Waals surface area contributed by atoms with Crippen LogP contribution in [0.25, 0.3) is 10.8 Å². The summed E-state index contributed by atoms with van der Waals surface area (Å²) in [5.74, 6) is -0.239. The van der Waals surface area contributed by atoms with Crippen molar-refractivity contribution in [1.29, 1.82) is 0 Å². The second-order valence-corrected chi connectivity index (χ2v) is 6.06. The van der Waals surface area contributed by atoms with Crippen LogP contribution in [0.4, 0.5) is 0 Å². The molecule has 1 N–H and O–H groups in total. The van der Waals surface area contributed by atoms with Crippen molar-refractivity contribution >= 4 is 39.9 Å². The van der Waals surface area contributed by atoms with Gasteiger partial charge < -0.3 is 5.32 Å². The third-order valence-corrected chi connectivity index (χ3v) is 4.37. The summed E-state index contributed by atoms with van der Waals surface area (Å²) in [6.07, 6.45) is 1.41. The second-order valence-electron chi connectivity index (χ2n) is 5.30. The van der Waals surface area contributed by atoms with E-state index < -0.39 is 0 Å². The van der Waals surface area contributed by atoms with Gasteiger partial charge in [0.05, 0.1) is 16.6 Å². The third-order valence-electron chi connectivity index (χ3n) is 3.68. The van der Waals surface area contributed by atoms with Crippen molar-refractivity contribution in [3.8, 4) is 0 Å². The molecule has 3 nitrogen and oxygen atoms in total. The number of halogens is 2. The van der Waals surface area contributed by atoms with Crippen LogP contribution >= 0.6 is 23.2 Å². The first-order chi connectivity index (χ1) is 11.0. The number of carbonyl (C=O) groups excluding carboxylic acids is 1. The van der Waals surface area contributed by atoms with Gasteiger partial charge in [-0.2, -0.15) is 0 Å². The van der Waals surface area contributed by atoms with Gasteiger partial charge in [0, 0.05) is 6.20 Å². The fourth-order valence-electron chi connectivity index (χ4n) is 2.39. The zero-order valence-corrected chi connectivity index (χ0v) is 13.9. The van der Waals surface area contributed by atoms with Crippen molar-refractivity contribution < 1.29 is 4.79 Å². The molecular weight excluding hydrogens is 331 g/mol. The van der Waals surface area contributed by atoms with Crippen LogP contribution in [0, 0.1) is 0 Å². The minimum Gasteiger partial charge on any atom is -0.345 e. The van der Waals surface area contributed by atoms with Crippen LogP contribution in [0.5, 0.6) is 0 Å². The molecule has 0 fully saturated rings. The number of nitrogens with zero attached hydrogens (tertiary/aromatic N) is 1. The summed E-state index contributed by atoms with van der Waals surface area (Å²) in [5, 5.41) is 5.70. The molecule has 23 heavy (non-hydrogen) atoms. The lowest BCUT2D eigenvalue weighted by Gasteiger charge is -2.15. The minimum absolute atomic E-state index is 0.137. The number of hydrogen-bond acceptors (Lipinski definition) is 2. The molecule has 3 aromatic rings. The molecule has 0 radical (unpaired) electrons. The summed E-state index contributed by atoms with van der Waals surface area (Å²) in [7, 11) is 0. The summed E-state index contributed by atoms with van der Waals surface area (Å²) >= 11 is 11.7. The smallest absolute Gasteiger partial charge is 0.253 e. The fraction of sp³-hybridized carbons (Fsp3) is 0.111. The molecule has 0 unspecified atom stereocenters. The molecule has 0 saturated heterocycles. The normalized spacial score (nSPS) is 12.1. The van der Waals surface area contributed by atoms with Crippen molar-refractivity contribution in [2.75, 3.05) is 0 Å². The van der Waals surface area contributed by atoms with Crippen molar-refractivity contribution in [1.82, 2.24) is 10.3 Å². The quantitative estimate of drug-likeness (QED) is 0.676.